The van der Waals surface area contributed by atoms with Crippen LogP contribution >= 0.6 is 11.8 Å². The topological polar surface area (TPSA) is 63.2 Å². The fraction of sp³-hybridized carbons (Fsp3) is 0.235. The highest BCUT2D eigenvalue weighted by atomic mass is 32.2. The number of benzene rings is 2. The van der Waals surface area contributed by atoms with E-state index < -0.39 is 9.84 Å². The Labute approximate surface area is 141 Å². The third-order valence-electron chi connectivity index (χ3n) is 3.24. The van der Waals surface area contributed by atoms with Gasteiger partial charge in [-0.1, -0.05) is 23.8 Å². The normalized spacial score (nSPS) is 11.3. The summed E-state index contributed by atoms with van der Waals surface area (Å²) in [6.07, 6.45) is 1.14. The van der Waals surface area contributed by atoms with Gasteiger partial charge in [-0.25, -0.2) is 8.42 Å². The highest BCUT2D eigenvalue weighted by molar-refractivity contribution is 8.00. The first kappa shape index (κ1) is 17.6. The molecule has 0 heterocycles. The Morgan fingerprint density at radius 3 is 2.52 bits per heavy atom. The monoisotopic (exact) mass is 349 g/mol. The molecule has 2 aromatic rings. The molecule has 0 aliphatic carbocycles. The summed E-state index contributed by atoms with van der Waals surface area (Å²) >= 11 is 1.46. The lowest BCUT2D eigenvalue weighted by molar-refractivity contribution is -0.113. The quantitative estimate of drug-likeness (QED) is 0.840. The van der Waals surface area contributed by atoms with Crippen LogP contribution < -0.4 is 5.32 Å². The van der Waals surface area contributed by atoms with Gasteiger partial charge in [0.15, 0.2) is 9.84 Å². The lowest BCUT2D eigenvalue weighted by Crippen LogP contribution is -2.14. The van der Waals surface area contributed by atoms with Gasteiger partial charge in [0.1, 0.15) is 0 Å². The van der Waals surface area contributed by atoms with E-state index in [4.69, 9.17) is 0 Å². The molecule has 1 amide bonds. The Hall–Kier alpha value is -1.79. The Bertz CT molecular complexity index is 829. The smallest absolute Gasteiger partial charge is 0.234 e. The Morgan fingerprint density at radius 2 is 1.87 bits per heavy atom. The molecule has 0 aliphatic heterocycles. The maximum atomic E-state index is 12.0. The average Bonchev–Trinajstić information content (AvgIpc) is 2.45. The van der Waals surface area contributed by atoms with Crippen LogP contribution in [-0.2, 0) is 14.6 Å². The standard InChI is InChI=1S/C17H19NO3S2/c1-12-7-8-16(13(2)9-12)22-11-17(19)18-14-5-4-6-15(10-14)23(3,20)21/h4-10H,11H2,1-3H3,(H,18,19). The van der Waals surface area contributed by atoms with E-state index in [1.807, 2.05) is 26.0 Å². The predicted octanol–water partition coefficient (Wildman–Crippen LogP) is 3.44. The highest BCUT2D eigenvalue weighted by Crippen LogP contribution is 2.23. The third-order valence-corrected chi connectivity index (χ3v) is 5.52. The van der Waals surface area contributed by atoms with Crippen molar-refractivity contribution in [2.45, 2.75) is 23.6 Å². The summed E-state index contributed by atoms with van der Waals surface area (Å²) in [6, 6.07) is 12.4. The number of hydrogen-bond acceptors (Lipinski definition) is 4. The van der Waals surface area contributed by atoms with Gasteiger partial charge < -0.3 is 5.32 Å². The number of hydrogen-bond donors (Lipinski definition) is 1. The van der Waals surface area contributed by atoms with Crippen LogP contribution in [0.2, 0.25) is 0 Å². The van der Waals surface area contributed by atoms with Crippen LogP contribution in [0, 0.1) is 13.8 Å². The van der Waals surface area contributed by atoms with Crippen molar-refractivity contribution >= 4 is 33.2 Å². The molecule has 23 heavy (non-hydrogen) atoms. The van der Waals surface area contributed by atoms with Crippen LogP contribution in [-0.4, -0.2) is 26.3 Å². The van der Waals surface area contributed by atoms with Crippen molar-refractivity contribution in [3.63, 3.8) is 0 Å². The molecule has 0 spiro atoms. The van der Waals surface area contributed by atoms with Crippen LogP contribution in [0.25, 0.3) is 0 Å². The molecular weight excluding hydrogens is 330 g/mol. The highest BCUT2D eigenvalue weighted by Gasteiger charge is 2.10. The van der Waals surface area contributed by atoms with Gasteiger partial charge in [-0.05, 0) is 43.7 Å². The van der Waals surface area contributed by atoms with E-state index >= 15 is 0 Å². The first-order valence-electron chi connectivity index (χ1n) is 7.06. The zero-order valence-corrected chi connectivity index (χ0v) is 14.9. The molecule has 0 radical (unpaired) electrons. The third kappa shape index (κ3) is 5.11. The number of carbonyl (C=O) groups is 1. The number of amides is 1. The minimum atomic E-state index is -3.28. The molecule has 0 fully saturated rings. The van der Waals surface area contributed by atoms with Gasteiger partial charge in [-0.3, -0.25) is 4.79 Å². The molecule has 2 aromatic carbocycles. The molecule has 0 aromatic heterocycles. The number of anilines is 1. The van der Waals surface area contributed by atoms with Crippen LogP contribution in [0.4, 0.5) is 5.69 Å². The van der Waals surface area contributed by atoms with E-state index in [9.17, 15) is 13.2 Å². The second kappa shape index (κ2) is 7.19. The van der Waals surface area contributed by atoms with E-state index in [0.717, 1.165) is 16.7 Å². The predicted molar refractivity (Wildman–Crippen MR) is 94.8 cm³/mol. The fourth-order valence-electron chi connectivity index (χ4n) is 2.11. The summed E-state index contributed by atoms with van der Waals surface area (Å²) in [5, 5.41) is 2.73. The second-order valence-electron chi connectivity index (χ2n) is 5.41. The summed E-state index contributed by atoms with van der Waals surface area (Å²) in [6.45, 7) is 4.05. The zero-order chi connectivity index (χ0) is 17.0. The Balaban J connectivity index is 2.00. The van der Waals surface area contributed by atoms with Gasteiger partial charge in [-0.15, -0.1) is 11.8 Å². The lowest BCUT2D eigenvalue weighted by atomic mass is 10.2. The molecule has 122 valence electrons. The zero-order valence-electron chi connectivity index (χ0n) is 13.3. The molecule has 0 saturated carbocycles. The fourth-order valence-corrected chi connectivity index (χ4v) is 3.58. The summed E-state index contributed by atoms with van der Waals surface area (Å²) in [4.78, 5) is 13.3. The van der Waals surface area contributed by atoms with Crippen LogP contribution in [0.15, 0.2) is 52.3 Å². The largest absolute Gasteiger partial charge is 0.325 e. The number of rotatable bonds is 5. The van der Waals surface area contributed by atoms with Crippen LogP contribution in [0.5, 0.6) is 0 Å². The first-order valence-corrected chi connectivity index (χ1v) is 9.93. The number of thioether (sulfide) groups is 1. The maximum Gasteiger partial charge on any atom is 0.234 e. The van der Waals surface area contributed by atoms with E-state index in [1.165, 1.54) is 29.5 Å². The lowest BCUT2D eigenvalue weighted by Gasteiger charge is -2.08. The minimum Gasteiger partial charge on any atom is -0.325 e. The molecule has 0 saturated heterocycles. The van der Waals surface area contributed by atoms with Gasteiger partial charge in [0, 0.05) is 16.8 Å². The molecule has 0 atom stereocenters. The molecule has 0 unspecified atom stereocenters. The number of nitrogens with one attached hydrogen (secondary N) is 1. The average molecular weight is 349 g/mol. The summed E-state index contributed by atoms with van der Waals surface area (Å²) in [5.74, 6) is 0.105. The van der Waals surface area contributed by atoms with Crippen molar-refractivity contribution in [3.05, 3.63) is 53.6 Å². The molecule has 1 N–H and O–H groups in total. The summed E-state index contributed by atoms with van der Waals surface area (Å²) < 4.78 is 23.1. The van der Waals surface area contributed by atoms with Crippen LogP contribution in [0.3, 0.4) is 0 Å². The van der Waals surface area contributed by atoms with Crippen molar-refractivity contribution in [1.29, 1.82) is 0 Å². The van der Waals surface area contributed by atoms with Crippen molar-refractivity contribution in [2.75, 3.05) is 17.3 Å². The van der Waals surface area contributed by atoms with E-state index in [2.05, 4.69) is 11.4 Å². The summed E-state index contributed by atoms with van der Waals surface area (Å²) in [5.41, 5.74) is 2.81. The van der Waals surface area contributed by atoms with Crippen molar-refractivity contribution in [1.82, 2.24) is 0 Å². The van der Waals surface area contributed by atoms with Gasteiger partial charge in [-0.2, -0.15) is 0 Å². The Morgan fingerprint density at radius 1 is 1.13 bits per heavy atom. The maximum absolute atomic E-state index is 12.0. The summed E-state index contributed by atoms with van der Waals surface area (Å²) in [7, 11) is -3.28. The van der Waals surface area contributed by atoms with E-state index in [0.29, 0.717) is 5.69 Å². The van der Waals surface area contributed by atoms with Gasteiger partial charge in [0.2, 0.25) is 5.91 Å². The Kier molecular flexibility index (Phi) is 5.49. The number of aryl methyl sites for hydroxylation is 2. The second-order valence-corrected chi connectivity index (χ2v) is 8.44. The molecule has 0 bridgehead atoms. The first-order chi connectivity index (χ1) is 10.8. The molecule has 2 rings (SSSR count). The van der Waals surface area contributed by atoms with Gasteiger partial charge in [0.25, 0.3) is 0 Å². The van der Waals surface area contributed by atoms with E-state index in [1.54, 1.807) is 12.1 Å². The van der Waals surface area contributed by atoms with Gasteiger partial charge >= 0.3 is 0 Å². The van der Waals surface area contributed by atoms with Crippen molar-refractivity contribution in [2.24, 2.45) is 0 Å². The van der Waals surface area contributed by atoms with Crippen molar-refractivity contribution < 1.29 is 13.2 Å². The minimum absolute atomic E-state index is 0.166. The van der Waals surface area contributed by atoms with Gasteiger partial charge in [0.05, 0.1) is 10.6 Å². The number of sulfone groups is 1. The number of carbonyl (C=O) groups excluding carboxylic acids is 1. The van der Waals surface area contributed by atoms with Crippen molar-refractivity contribution in [3.8, 4) is 0 Å². The molecular formula is C17H19NO3S2. The molecule has 6 heteroatoms. The van der Waals surface area contributed by atoms with Crippen LogP contribution in [0.1, 0.15) is 11.1 Å². The SMILES string of the molecule is Cc1ccc(SCC(=O)Nc2cccc(S(C)(=O)=O)c2)c(C)c1. The molecule has 0 aliphatic rings. The van der Waals surface area contributed by atoms with E-state index in [-0.39, 0.29) is 16.6 Å². The molecule has 4 nitrogen and oxygen atoms in total.